The summed E-state index contributed by atoms with van der Waals surface area (Å²) in [6.07, 6.45) is 7.58. The molecule has 0 aromatic heterocycles. The normalized spacial score (nSPS) is 29.7. The Morgan fingerprint density at radius 3 is 2.38 bits per heavy atom. The van der Waals surface area contributed by atoms with Crippen LogP contribution in [0.2, 0.25) is 0 Å². The first-order valence-corrected chi connectivity index (χ1v) is 9.84. The third kappa shape index (κ3) is 2.72. The fourth-order valence-electron chi connectivity index (χ4n) is 4.23. The van der Waals surface area contributed by atoms with Crippen molar-refractivity contribution in [3.05, 3.63) is 33.4 Å². The predicted octanol–water partition coefficient (Wildman–Crippen LogP) is 2.93. The van der Waals surface area contributed by atoms with E-state index in [1.54, 1.807) is 12.1 Å². The molecular weight excluding hydrogens is 447 g/mol. The SMILES string of the molecule is CCOc1cc(/C=N\N2C(=O)[C@@H]3[C@@H](C2=O)[C@H]2C=C[C@@H]3CC2)cc(I)c1O. The van der Waals surface area contributed by atoms with Gasteiger partial charge >= 0.3 is 0 Å². The summed E-state index contributed by atoms with van der Waals surface area (Å²) in [6, 6.07) is 3.37. The van der Waals surface area contributed by atoms with Crippen LogP contribution in [0.15, 0.2) is 29.4 Å². The number of nitrogens with zero attached hydrogens (tertiary/aromatic N) is 2. The number of halogens is 1. The maximum Gasteiger partial charge on any atom is 0.254 e. The number of fused-ring (bicyclic) bond motifs is 1. The molecule has 0 unspecified atom stereocenters. The minimum atomic E-state index is -0.262. The number of aromatic hydroxyl groups is 1. The third-order valence-corrected chi connectivity index (χ3v) is 6.23. The lowest BCUT2D eigenvalue weighted by molar-refractivity contribution is -0.140. The molecule has 1 heterocycles. The number of allylic oxidation sites excluding steroid dienone is 2. The molecule has 1 saturated carbocycles. The highest BCUT2D eigenvalue weighted by Crippen LogP contribution is 2.49. The number of benzene rings is 1. The Hall–Kier alpha value is -1.90. The number of hydrogen-bond donors (Lipinski definition) is 1. The molecule has 1 aliphatic heterocycles. The highest BCUT2D eigenvalue weighted by Gasteiger charge is 2.56. The van der Waals surface area contributed by atoms with E-state index in [4.69, 9.17) is 4.74 Å². The number of carbonyl (C=O) groups excluding carboxylic acids is 2. The van der Waals surface area contributed by atoms with Crippen molar-refractivity contribution in [3.8, 4) is 11.5 Å². The van der Waals surface area contributed by atoms with Crippen molar-refractivity contribution in [1.82, 2.24) is 5.01 Å². The number of phenolic OH excluding ortho intramolecular Hbond substituents is 1. The van der Waals surface area contributed by atoms with Crippen molar-refractivity contribution in [2.24, 2.45) is 28.8 Å². The van der Waals surface area contributed by atoms with E-state index in [2.05, 4.69) is 17.3 Å². The Kier molecular flexibility index (Phi) is 4.50. The van der Waals surface area contributed by atoms with Crippen molar-refractivity contribution in [2.75, 3.05) is 6.61 Å². The Bertz CT molecular complexity index is 803. The molecule has 4 atom stereocenters. The second-order valence-corrected chi connectivity index (χ2v) is 8.02. The second kappa shape index (κ2) is 6.68. The molecule has 3 aliphatic carbocycles. The predicted molar refractivity (Wildman–Crippen MR) is 104 cm³/mol. The highest BCUT2D eigenvalue weighted by atomic mass is 127. The fraction of sp³-hybridized carbons (Fsp3) is 0.421. The Labute approximate surface area is 165 Å². The van der Waals surface area contributed by atoms with Crippen LogP contribution in [0.5, 0.6) is 11.5 Å². The topological polar surface area (TPSA) is 79.2 Å². The van der Waals surface area contributed by atoms with Gasteiger partial charge < -0.3 is 9.84 Å². The Balaban J connectivity index is 1.60. The summed E-state index contributed by atoms with van der Waals surface area (Å²) in [4.78, 5) is 25.5. The van der Waals surface area contributed by atoms with Crippen LogP contribution in [0.1, 0.15) is 25.3 Å². The Morgan fingerprint density at radius 1 is 1.23 bits per heavy atom. The highest BCUT2D eigenvalue weighted by molar-refractivity contribution is 14.1. The maximum absolute atomic E-state index is 12.7. The van der Waals surface area contributed by atoms with Crippen molar-refractivity contribution >= 4 is 40.6 Å². The van der Waals surface area contributed by atoms with Gasteiger partial charge in [-0.25, -0.2) is 0 Å². The zero-order valence-corrected chi connectivity index (χ0v) is 16.4. The van der Waals surface area contributed by atoms with Gasteiger partial charge in [-0.1, -0.05) is 12.2 Å². The van der Waals surface area contributed by atoms with E-state index in [9.17, 15) is 14.7 Å². The molecule has 0 spiro atoms. The van der Waals surface area contributed by atoms with Crippen LogP contribution in [0.3, 0.4) is 0 Å². The average Bonchev–Trinajstić information content (AvgIpc) is 2.91. The summed E-state index contributed by atoms with van der Waals surface area (Å²) in [7, 11) is 0. The average molecular weight is 466 g/mol. The molecule has 4 aliphatic rings. The van der Waals surface area contributed by atoms with Gasteiger partial charge in [0.2, 0.25) is 0 Å². The van der Waals surface area contributed by atoms with E-state index in [0.717, 1.165) is 17.9 Å². The van der Waals surface area contributed by atoms with Crippen LogP contribution in [0.25, 0.3) is 0 Å². The monoisotopic (exact) mass is 466 g/mol. The number of phenols is 1. The second-order valence-electron chi connectivity index (χ2n) is 6.86. The smallest absolute Gasteiger partial charge is 0.254 e. The van der Waals surface area contributed by atoms with Crippen molar-refractivity contribution in [3.63, 3.8) is 0 Å². The fourth-order valence-corrected chi connectivity index (χ4v) is 4.86. The van der Waals surface area contributed by atoms with Crippen LogP contribution >= 0.6 is 22.6 Å². The summed E-state index contributed by atoms with van der Waals surface area (Å²) < 4.78 is 6.03. The zero-order chi connectivity index (χ0) is 18.4. The minimum absolute atomic E-state index is 0.0756. The molecule has 136 valence electrons. The molecule has 2 amide bonds. The Morgan fingerprint density at radius 2 is 1.85 bits per heavy atom. The summed E-state index contributed by atoms with van der Waals surface area (Å²) in [5.74, 6) is -0.184. The quantitative estimate of drug-likeness (QED) is 0.321. The van der Waals surface area contributed by atoms with Gasteiger partial charge in [0, 0.05) is 0 Å². The standard InChI is InChI=1S/C19H19IN2O4/c1-2-26-14-8-10(7-13(20)17(14)23)9-21-22-18(24)15-11-3-4-12(6-5-11)16(15)19(22)25/h3-4,7-9,11-12,15-16,23H,2,5-6H2,1H3/b21-9-/t11-,12+,15-,16-/m0/s1. The van der Waals surface area contributed by atoms with Gasteiger partial charge in [0.15, 0.2) is 11.5 Å². The maximum atomic E-state index is 12.7. The molecule has 2 bridgehead atoms. The van der Waals surface area contributed by atoms with Gasteiger partial charge in [-0.15, -0.1) is 0 Å². The number of hydrogen-bond acceptors (Lipinski definition) is 5. The molecule has 5 rings (SSSR count). The van der Waals surface area contributed by atoms with Crippen LogP contribution < -0.4 is 4.74 Å². The lowest BCUT2D eigenvalue weighted by atomic mass is 9.63. The van der Waals surface area contributed by atoms with Crippen molar-refractivity contribution in [2.45, 2.75) is 19.8 Å². The molecule has 26 heavy (non-hydrogen) atoms. The largest absolute Gasteiger partial charge is 0.504 e. The van der Waals surface area contributed by atoms with Crippen LogP contribution in [-0.2, 0) is 9.59 Å². The number of carbonyl (C=O) groups is 2. The number of amides is 2. The van der Waals surface area contributed by atoms with Gasteiger partial charge in [0.1, 0.15) is 0 Å². The van der Waals surface area contributed by atoms with E-state index in [1.807, 2.05) is 29.5 Å². The summed E-state index contributed by atoms with van der Waals surface area (Å²) in [6.45, 7) is 2.26. The van der Waals surface area contributed by atoms with Crippen molar-refractivity contribution in [1.29, 1.82) is 0 Å². The van der Waals surface area contributed by atoms with E-state index in [1.165, 1.54) is 6.21 Å². The molecule has 0 radical (unpaired) electrons. The minimum Gasteiger partial charge on any atom is -0.504 e. The van der Waals surface area contributed by atoms with Gasteiger partial charge in [-0.2, -0.15) is 10.1 Å². The summed E-state index contributed by atoms with van der Waals surface area (Å²) in [5.41, 5.74) is 0.659. The van der Waals surface area contributed by atoms with Gasteiger partial charge in [-0.05, 0) is 71.9 Å². The van der Waals surface area contributed by atoms with Gasteiger partial charge in [-0.3, -0.25) is 9.59 Å². The molecule has 2 fully saturated rings. The van der Waals surface area contributed by atoms with Crippen LogP contribution in [0.4, 0.5) is 0 Å². The first-order valence-electron chi connectivity index (χ1n) is 8.76. The number of hydrazone groups is 1. The summed E-state index contributed by atoms with van der Waals surface area (Å²) in [5, 5.41) is 15.2. The van der Waals surface area contributed by atoms with E-state index < -0.39 is 0 Å². The number of rotatable bonds is 4. The van der Waals surface area contributed by atoms with Crippen molar-refractivity contribution < 1.29 is 19.4 Å². The number of imide groups is 1. The van der Waals surface area contributed by atoms with Crippen LogP contribution in [0, 0.1) is 27.2 Å². The molecule has 1 N–H and O–H groups in total. The first kappa shape index (κ1) is 17.5. The van der Waals surface area contributed by atoms with Gasteiger partial charge in [0.25, 0.3) is 11.8 Å². The molecular formula is C19H19IN2O4. The lowest BCUT2D eigenvalue weighted by Gasteiger charge is -2.37. The van der Waals surface area contributed by atoms with Gasteiger partial charge in [0.05, 0.1) is 28.2 Å². The van der Waals surface area contributed by atoms with E-state index in [0.29, 0.717) is 21.5 Å². The first-order chi connectivity index (χ1) is 12.5. The molecule has 6 nitrogen and oxygen atoms in total. The lowest BCUT2D eigenvalue weighted by Crippen LogP contribution is -2.38. The van der Waals surface area contributed by atoms with E-state index >= 15 is 0 Å². The van der Waals surface area contributed by atoms with Crippen LogP contribution in [-0.4, -0.2) is 34.8 Å². The molecule has 1 aromatic carbocycles. The molecule has 7 heteroatoms. The number of ether oxygens (including phenoxy) is 1. The molecule has 1 aromatic rings. The van der Waals surface area contributed by atoms with E-state index in [-0.39, 0.29) is 41.2 Å². The zero-order valence-electron chi connectivity index (χ0n) is 14.3. The molecule has 1 saturated heterocycles. The summed E-state index contributed by atoms with van der Waals surface area (Å²) >= 11 is 2.00. The third-order valence-electron chi connectivity index (χ3n) is 5.41.